The van der Waals surface area contributed by atoms with Gasteiger partial charge in [-0.1, -0.05) is 0 Å². The molecular formula is C16H16N4O. The first kappa shape index (κ1) is 14.6. The first-order chi connectivity index (χ1) is 10.2. The van der Waals surface area contributed by atoms with Crippen molar-refractivity contribution < 1.29 is 4.74 Å². The van der Waals surface area contributed by atoms with Crippen molar-refractivity contribution in [2.45, 2.75) is 13.8 Å². The maximum atomic E-state index is 8.96. The molecule has 1 aromatic carbocycles. The Morgan fingerprint density at radius 2 is 1.90 bits per heavy atom. The van der Waals surface area contributed by atoms with Crippen LogP contribution in [-0.2, 0) is 0 Å². The summed E-state index contributed by atoms with van der Waals surface area (Å²) in [7, 11) is 0. The molecule has 0 atom stereocenters. The van der Waals surface area contributed by atoms with Gasteiger partial charge in [0.1, 0.15) is 18.8 Å². The molecule has 21 heavy (non-hydrogen) atoms. The van der Waals surface area contributed by atoms with Gasteiger partial charge < -0.3 is 9.64 Å². The molecule has 0 bridgehead atoms. The highest BCUT2D eigenvalue weighted by atomic mass is 16.5. The third kappa shape index (κ3) is 3.21. The van der Waals surface area contributed by atoms with Gasteiger partial charge in [0.05, 0.1) is 24.3 Å². The fraction of sp³-hybridized carbons (Fsp3) is 0.312. The first-order valence-electron chi connectivity index (χ1n) is 6.72. The molecule has 5 nitrogen and oxygen atoms in total. The summed E-state index contributed by atoms with van der Waals surface area (Å²) in [6, 6.07) is 11.8. The summed E-state index contributed by atoms with van der Waals surface area (Å²) >= 11 is 0. The van der Waals surface area contributed by atoms with E-state index in [0.717, 1.165) is 28.0 Å². The number of anilines is 1. The highest BCUT2D eigenvalue weighted by molar-refractivity contribution is 5.93. The van der Waals surface area contributed by atoms with Gasteiger partial charge >= 0.3 is 0 Å². The van der Waals surface area contributed by atoms with E-state index < -0.39 is 0 Å². The zero-order valence-electron chi connectivity index (χ0n) is 12.1. The number of hydrogen-bond donors (Lipinski definition) is 0. The maximum absolute atomic E-state index is 8.96. The van der Waals surface area contributed by atoms with Crippen LogP contribution >= 0.6 is 0 Å². The summed E-state index contributed by atoms with van der Waals surface area (Å²) < 4.78 is 5.52. The Balaban J connectivity index is 2.61. The van der Waals surface area contributed by atoms with E-state index in [1.54, 1.807) is 4.90 Å². The summed E-state index contributed by atoms with van der Waals surface area (Å²) in [5.74, 6) is 0.755. The van der Waals surface area contributed by atoms with Crippen LogP contribution in [0.25, 0.3) is 10.9 Å². The lowest BCUT2D eigenvalue weighted by Crippen LogP contribution is -2.24. The number of nitriles is 2. The molecule has 5 heteroatoms. The number of benzene rings is 1. The van der Waals surface area contributed by atoms with Gasteiger partial charge in [0, 0.05) is 16.8 Å². The second-order valence-corrected chi connectivity index (χ2v) is 4.57. The van der Waals surface area contributed by atoms with Crippen LogP contribution in [0, 0.1) is 29.6 Å². The Morgan fingerprint density at radius 1 is 1.19 bits per heavy atom. The molecule has 0 aliphatic heterocycles. The van der Waals surface area contributed by atoms with E-state index in [0.29, 0.717) is 6.61 Å². The van der Waals surface area contributed by atoms with Crippen LogP contribution in [-0.4, -0.2) is 24.7 Å². The normalized spacial score (nSPS) is 9.90. The largest absolute Gasteiger partial charge is 0.494 e. The van der Waals surface area contributed by atoms with Crippen LogP contribution in [0.1, 0.15) is 12.6 Å². The molecule has 0 spiro atoms. The van der Waals surface area contributed by atoms with Crippen molar-refractivity contribution in [1.82, 2.24) is 4.98 Å². The smallest absolute Gasteiger partial charge is 0.120 e. The van der Waals surface area contributed by atoms with Gasteiger partial charge in [0.2, 0.25) is 0 Å². The van der Waals surface area contributed by atoms with Gasteiger partial charge in [-0.2, -0.15) is 10.5 Å². The molecule has 0 amide bonds. The highest BCUT2D eigenvalue weighted by Gasteiger charge is 2.12. The lowest BCUT2D eigenvalue weighted by molar-refractivity contribution is 0.340. The van der Waals surface area contributed by atoms with Crippen molar-refractivity contribution in [1.29, 1.82) is 10.5 Å². The van der Waals surface area contributed by atoms with Gasteiger partial charge in [-0.15, -0.1) is 0 Å². The minimum atomic E-state index is 0.158. The van der Waals surface area contributed by atoms with Crippen LogP contribution < -0.4 is 9.64 Å². The molecule has 0 radical (unpaired) electrons. The SMILES string of the molecule is CCOc1ccc2nc(C)cc(N(CC#N)CC#N)c2c1. The summed E-state index contributed by atoms with van der Waals surface area (Å²) in [4.78, 5) is 6.23. The van der Waals surface area contributed by atoms with Gasteiger partial charge in [-0.3, -0.25) is 4.98 Å². The number of nitrogens with zero attached hydrogens (tertiary/aromatic N) is 4. The Labute approximate surface area is 124 Å². The Hall–Kier alpha value is -2.79. The quantitative estimate of drug-likeness (QED) is 0.787. The third-order valence-electron chi connectivity index (χ3n) is 3.06. The molecule has 106 valence electrons. The number of aryl methyl sites for hydroxylation is 1. The Bertz CT molecular complexity index is 711. The lowest BCUT2D eigenvalue weighted by Gasteiger charge is -2.21. The molecule has 0 aliphatic carbocycles. The van der Waals surface area contributed by atoms with Crippen molar-refractivity contribution in [3.8, 4) is 17.9 Å². The second kappa shape index (κ2) is 6.58. The van der Waals surface area contributed by atoms with Crippen LogP contribution in [0.5, 0.6) is 5.75 Å². The van der Waals surface area contributed by atoms with Gasteiger partial charge in [-0.05, 0) is 38.1 Å². The summed E-state index contributed by atoms with van der Waals surface area (Å²) in [6.45, 7) is 4.72. The summed E-state index contributed by atoms with van der Waals surface area (Å²) in [5, 5.41) is 18.8. The second-order valence-electron chi connectivity index (χ2n) is 4.57. The number of fused-ring (bicyclic) bond motifs is 1. The average Bonchev–Trinajstić information content (AvgIpc) is 2.47. The molecule has 0 fully saturated rings. The van der Waals surface area contributed by atoms with Crippen LogP contribution in [0.3, 0.4) is 0 Å². The molecular weight excluding hydrogens is 264 g/mol. The van der Waals surface area contributed by atoms with E-state index in [1.165, 1.54) is 0 Å². The minimum absolute atomic E-state index is 0.158. The van der Waals surface area contributed by atoms with E-state index in [9.17, 15) is 0 Å². The predicted molar refractivity (Wildman–Crippen MR) is 81.1 cm³/mol. The molecule has 0 saturated carbocycles. The van der Waals surface area contributed by atoms with Gasteiger partial charge in [-0.25, -0.2) is 0 Å². The van der Waals surface area contributed by atoms with Gasteiger partial charge in [0.25, 0.3) is 0 Å². The van der Waals surface area contributed by atoms with Crippen molar-refractivity contribution in [3.63, 3.8) is 0 Å². The maximum Gasteiger partial charge on any atom is 0.120 e. The summed E-state index contributed by atoms with van der Waals surface area (Å²) in [6.07, 6.45) is 0. The van der Waals surface area contributed by atoms with E-state index in [-0.39, 0.29) is 13.1 Å². The molecule has 0 N–H and O–H groups in total. The topological polar surface area (TPSA) is 72.9 Å². The van der Waals surface area contributed by atoms with E-state index >= 15 is 0 Å². The predicted octanol–water partition coefficient (Wildman–Crippen LogP) is 2.80. The molecule has 2 rings (SSSR count). The van der Waals surface area contributed by atoms with Crippen molar-refractivity contribution >= 4 is 16.6 Å². The fourth-order valence-corrected chi connectivity index (χ4v) is 2.23. The molecule has 1 heterocycles. The Kier molecular flexibility index (Phi) is 4.58. The molecule has 0 saturated heterocycles. The molecule has 0 aliphatic rings. The monoisotopic (exact) mass is 280 g/mol. The number of rotatable bonds is 5. The molecule has 1 aromatic heterocycles. The number of pyridine rings is 1. The number of aromatic nitrogens is 1. The third-order valence-corrected chi connectivity index (χ3v) is 3.06. The first-order valence-corrected chi connectivity index (χ1v) is 6.72. The molecule has 2 aromatic rings. The van der Waals surface area contributed by atoms with Crippen molar-refractivity contribution in [3.05, 3.63) is 30.0 Å². The zero-order valence-corrected chi connectivity index (χ0v) is 12.1. The summed E-state index contributed by atoms with van der Waals surface area (Å²) in [5.41, 5.74) is 2.51. The average molecular weight is 280 g/mol. The Morgan fingerprint density at radius 3 is 2.52 bits per heavy atom. The standard InChI is InChI=1S/C16H16N4O/c1-3-21-13-4-5-15-14(11-13)16(10-12(2)19-15)20(8-6-17)9-7-18/h4-5,10-11H,3,8-9H2,1-2H3. The zero-order chi connectivity index (χ0) is 15.2. The van der Waals surface area contributed by atoms with E-state index in [4.69, 9.17) is 15.3 Å². The van der Waals surface area contributed by atoms with Crippen molar-refractivity contribution in [2.24, 2.45) is 0 Å². The van der Waals surface area contributed by atoms with Crippen LogP contribution in [0.2, 0.25) is 0 Å². The number of ether oxygens (including phenoxy) is 1. The lowest BCUT2D eigenvalue weighted by atomic mass is 10.1. The van der Waals surface area contributed by atoms with Gasteiger partial charge in [0.15, 0.2) is 0 Å². The van der Waals surface area contributed by atoms with Crippen molar-refractivity contribution in [2.75, 3.05) is 24.6 Å². The molecule has 0 unspecified atom stereocenters. The fourth-order valence-electron chi connectivity index (χ4n) is 2.23. The minimum Gasteiger partial charge on any atom is -0.494 e. The van der Waals surface area contributed by atoms with Crippen LogP contribution in [0.15, 0.2) is 24.3 Å². The van der Waals surface area contributed by atoms with E-state index in [1.807, 2.05) is 38.1 Å². The van der Waals surface area contributed by atoms with Crippen LogP contribution in [0.4, 0.5) is 5.69 Å². The number of hydrogen-bond acceptors (Lipinski definition) is 5. The highest BCUT2D eigenvalue weighted by Crippen LogP contribution is 2.29. The van der Waals surface area contributed by atoms with E-state index in [2.05, 4.69) is 17.1 Å².